The van der Waals surface area contributed by atoms with E-state index in [2.05, 4.69) is 6.55 Å². The van der Waals surface area contributed by atoms with Crippen molar-refractivity contribution in [2.75, 3.05) is 19.8 Å². The second-order valence-corrected chi connectivity index (χ2v) is 4.44. The Kier molecular flexibility index (Phi) is 4.07. The van der Waals surface area contributed by atoms with Gasteiger partial charge in [0.2, 0.25) is 0 Å². The van der Waals surface area contributed by atoms with Crippen molar-refractivity contribution in [1.29, 1.82) is 0 Å². The lowest BCUT2D eigenvalue weighted by Crippen LogP contribution is -2.19. The predicted molar refractivity (Wildman–Crippen MR) is 44.9 cm³/mol. The normalized spacial score (nSPS) is 25.1. The zero-order chi connectivity index (χ0) is 8.10. The van der Waals surface area contributed by atoms with Gasteiger partial charge in [-0.15, -0.1) is 0 Å². The van der Waals surface area contributed by atoms with Gasteiger partial charge in [-0.05, 0) is 19.9 Å². The highest BCUT2D eigenvalue weighted by atomic mass is 28.3. The third-order valence-corrected chi connectivity index (χ3v) is 3.10. The van der Waals surface area contributed by atoms with E-state index in [9.17, 15) is 0 Å². The molecule has 1 saturated heterocycles. The van der Waals surface area contributed by atoms with Crippen molar-refractivity contribution in [3.05, 3.63) is 0 Å². The molecule has 1 aliphatic rings. The Hall–Kier alpha value is 0.0969. The molecule has 2 atom stereocenters. The van der Waals surface area contributed by atoms with Crippen LogP contribution in [0.2, 0.25) is 6.55 Å². The Morgan fingerprint density at radius 3 is 2.82 bits per heavy atom. The molecule has 11 heavy (non-hydrogen) atoms. The number of rotatable bonds is 6. The number of hydrogen-bond acceptors (Lipinski definition) is 3. The lowest BCUT2D eigenvalue weighted by atomic mass is 10.4. The summed E-state index contributed by atoms with van der Waals surface area (Å²) in [5, 5.41) is 0. The molecule has 0 saturated carbocycles. The van der Waals surface area contributed by atoms with Crippen LogP contribution < -0.4 is 0 Å². The molecule has 0 bridgehead atoms. The zero-order valence-corrected chi connectivity index (χ0v) is 8.36. The van der Waals surface area contributed by atoms with E-state index in [1.54, 1.807) is 0 Å². The summed E-state index contributed by atoms with van der Waals surface area (Å²) in [5.74, 6) is 0. The highest BCUT2D eigenvalue weighted by Crippen LogP contribution is 2.12. The van der Waals surface area contributed by atoms with Gasteiger partial charge >= 0.3 is 9.28 Å². The average Bonchev–Trinajstić information content (AvgIpc) is 2.72. The van der Waals surface area contributed by atoms with Crippen molar-refractivity contribution in [3.63, 3.8) is 0 Å². The Labute approximate surface area is 69.5 Å². The van der Waals surface area contributed by atoms with E-state index < -0.39 is 9.28 Å². The summed E-state index contributed by atoms with van der Waals surface area (Å²) in [7, 11) is -1.29. The molecule has 1 fully saturated rings. The maximum Gasteiger partial charge on any atom is 0.318 e. The lowest BCUT2D eigenvalue weighted by Gasteiger charge is -2.09. The lowest BCUT2D eigenvalue weighted by molar-refractivity contribution is 0.201. The molecule has 0 N–H and O–H groups in total. The molecule has 0 aromatic carbocycles. The minimum absolute atomic E-state index is 0.484. The van der Waals surface area contributed by atoms with Crippen molar-refractivity contribution in [3.8, 4) is 0 Å². The summed E-state index contributed by atoms with van der Waals surface area (Å²) in [4.78, 5) is 0. The van der Waals surface area contributed by atoms with Crippen LogP contribution in [0.5, 0.6) is 0 Å². The third kappa shape index (κ3) is 4.52. The Bertz CT molecular complexity index is 106. The Balaban J connectivity index is 1.84. The highest BCUT2D eigenvalue weighted by Gasteiger charge is 2.21. The summed E-state index contributed by atoms with van der Waals surface area (Å²) in [6.07, 6.45) is 1.52. The molecule has 2 unspecified atom stereocenters. The van der Waals surface area contributed by atoms with Crippen LogP contribution in [-0.4, -0.2) is 35.2 Å². The van der Waals surface area contributed by atoms with Crippen molar-refractivity contribution < 1.29 is 13.6 Å². The van der Waals surface area contributed by atoms with Gasteiger partial charge in [0.25, 0.3) is 0 Å². The van der Waals surface area contributed by atoms with Crippen LogP contribution in [0.4, 0.5) is 0 Å². The largest absolute Gasteiger partial charge is 0.397 e. The first-order valence-corrected chi connectivity index (χ1v) is 6.27. The van der Waals surface area contributed by atoms with E-state index >= 15 is 0 Å². The van der Waals surface area contributed by atoms with Crippen LogP contribution in [0.15, 0.2) is 0 Å². The van der Waals surface area contributed by atoms with Crippen LogP contribution in [-0.2, 0) is 13.6 Å². The molecular weight excluding hydrogens is 160 g/mol. The Morgan fingerprint density at radius 2 is 2.27 bits per heavy atom. The van der Waals surface area contributed by atoms with Crippen LogP contribution >= 0.6 is 0 Å². The SMILES string of the molecule is CCO[SiH](C)OCCC1CO1. The minimum atomic E-state index is -1.29. The molecule has 0 radical (unpaired) electrons. The number of ether oxygens (including phenoxy) is 1. The quantitative estimate of drug-likeness (QED) is 0.440. The van der Waals surface area contributed by atoms with Crippen molar-refractivity contribution in [2.45, 2.75) is 26.0 Å². The molecule has 0 amide bonds. The molecule has 4 heteroatoms. The molecule has 1 aliphatic heterocycles. The molecule has 0 aliphatic carbocycles. The number of epoxide rings is 1. The molecule has 66 valence electrons. The van der Waals surface area contributed by atoms with Gasteiger partial charge in [0.05, 0.1) is 12.7 Å². The van der Waals surface area contributed by atoms with Gasteiger partial charge in [0.15, 0.2) is 0 Å². The summed E-state index contributed by atoms with van der Waals surface area (Å²) in [6.45, 7) is 6.55. The van der Waals surface area contributed by atoms with Gasteiger partial charge in [0.1, 0.15) is 0 Å². The first-order valence-electron chi connectivity index (χ1n) is 4.17. The topological polar surface area (TPSA) is 31.0 Å². The van der Waals surface area contributed by atoms with E-state index in [4.69, 9.17) is 13.6 Å². The first-order chi connectivity index (χ1) is 5.33. The maximum absolute atomic E-state index is 5.47. The van der Waals surface area contributed by atoms with Crippen molar-refractivity contribution >= 4 is 9.28 Å². The van der Waals surface area contributed by atoms with E-state index in [0.29, 0.717) is 6.10 Å². The minimum Gasteiger partial charge on any atom is -0.397 e. The summed E-state index contributed by atoms with van der Waals surface area (Å²) >= 11 is 0. The standard InChI is InChI=1S/C7H16O3Si/c1-3-9-11(2)10-5-4-7-6-8-7/h7,11H,3-6H2,1-2H3. The molecular formula is C7H16O3Si. The fourth-order valence-electron chi connectivity index (χ4n) is 0.883. The van der Waals surface area contributed by atoms with Crippen LogP contribution in [0.1, 0.15) is 13.3 Å². The van der Waals surface area contributed by atoms with E-state index in [-0.39, 0.29) is 0 Å². The molecule has 0 aromatic rings. The maximum atomic E-state index is 5.47. The third-order valence-electron chi connectivity index (χ3n) is 1.60. The van der Waals surface area contributed by atoms with Gasteiger partial charge in [-0.3, -0.25) is 0 Å². The van der Waals surface area contributed by atoms with Crippen molar-refractivity contribution in [2.24, 2.45) is 0 Å². The van der Waals surface area contributed by atoms with Crippen LogP contribution in [0.3, 0.4) is 0 Å². The molecule has 3 nitrogen and oxygen atoms in total. The molecule has 0 aromatic heterocycles. The van der Waals surface area contributed by atoms with Crippen LogP contribution in [0.25, 0.3) is 0 Å². The summed E-state index contributed by atoms with van der Waals surface area (Å²) in [5.41, 5.74) is 0. The predicted octanol–water partition coefficient (Wildman–Crippen LogP) is 0.679. The molecule has 0 spiro atoms. The van der Waals surface area contributed by atoms with Gasteiger partial charge in [-0.1, -0.05) is 0 Å². The van der Waals surface area contributed by atoms with E-state index in [1.807, 2.05) is 6.92 Å². The number of hydrogen-bond donors (Lipinski definition) is 0. The van der Waals surface area contributed by atoms with Gasteiger partial charge in [-0.2, -0.15) is 0 Å². The fourth-order valence-corrected chi connectivity index (χ4v) is 1.92. The van der Waals surface area contributed by atoms with Gasteiger partial charge in [0, 0.05) is 13.2 Å². The first kappa shape index (κ1) is 9.19. The second-order valence-electron chi connectivity index (χ2n) is 2.64. The molecule has 1 rings (SSSR count). The van der Waals surface area contributed by atoms with Crippen LogP contribution in [0, 0.1) is 0 Å². The second kappa shape index (κ2) is 4.87. The zero-order valence-electron chi connectivity index (χ0n) is 7.21. The summed E-state index contributed by atoms with van der Waals surface area (Å²) < 4.78 is 15.8. The Morgan fingerprint density at radius 1 is 1.55 bits per heavy atom. The smallest absolute Gasteiger partial charge is 0.318 e. The van der Waals surface area contributed by atoms with Gasteiger partial charge < -0.3 is 13.6 Å². The van der Waals surface area contributed by atoms with Gasteiger partial charge in [-0.25, -0.2) is 0 Å². The van der Waals surface area contributed by atoms with Crippen molar-refractivity contribution in [1.82, 2.24) is 0 Å². The van der Waals surface area contributed by atoms with E-state index in [1.165, 1.54) is 0 Å². The monoisotopic (exact) mass is 176 g/mol. The fraction of sp³-hybridized carbons (Fsp3) is 1.00. The average molecular weight is 176 g/mol. The summed E-state index contributed by atoms with van der Waals surface area (Å²) in [6, 6.07) is 0. The van der Waals surface area contributed by atoms with E-state index in [0.717, 1.165) is 26.2 Å². The highest BCUT2D eigenvalue weighted by molar-refractivity contribution is 6.42. The molecule has 1 heterocycles.